The Morgan fingerprint density at radius 1 is 1.32 bits per heavy atom. The van der Waals surface area contributed by atoms with E-state index in [0.717, 1.165) is 0 Å². The van der Waals surface area contributed by atoms with Crippen LogP contribution in [0, 0.1) is 5.92 Å². The summed E-state index contributed by atoms with van der Waals surface area (Å²) in [5.74, 6) is -0.520. The first-order chi connectivity index (χ1) is 8.81. The van der Waals surface area contributed by atoms with Crippen LogP contribution in [0.2, 0.25) is 0 Å². The second kappa shape index (κ2) is 5.00. The number of amides is 1. The van der Waals surface area contributed by atoms with Crippen LogP contribution in [0.4, 0.5) is 4.79 Å². The van der Waals surface area contributed by atoms with E-state index in [9.17, 15) is 9.59 Å². The van der Waals surface area contributed by atoms with E-state index in [4.69, 9.17) is 14.2 Å². The van der Waals surface area contributed by atoms with Gasteiger partial charge in [-0.05, 0) is 34.1 Å². The number of carbonyl (C=O) groups excluding carboxylic acids is 2. The molecule has 0 aromatic heterocycles. The number of carbonyl (C=O) groups is 2. The Kier molecular flexibility index (Phi) is 3.71. The molecule has 6 nitrogen and oxygen atoms in total. The van der Waals surface area contributed by atoms with Crippen molar-refractivity contribution < 1.29 is 23.8 Å². The fourth-order valence-electron chi connectivity index (χ4n) is 2.41. The highest BCUT2D eigenvalue weighted by molar-refractivity contribution is 5.75. The Balaban J connectivity index is 1.84. The summed E-state index contributed by atoms with van der Waals surface area (Å²) in [7, 11) is 0. The third-order valence-corrected chi connectivity index (χ3v) is 3.15. The van der Waals surface area contributed by atoms with Crippen molar-refractivity contribution >= 4 is 12.1 Å². The van der Waals surface area contributed by atoms with Gasteiger partial charge in [0.15, 0.2) is 0 Å². The van der Waals surface area contributed by atoms with Crippen molar-refractivity contribution in [1.82, 2.24) is 5.32 Å². The monoisotopic (exact) mass is 271 g/mol. The van der Waals surface area contributed by atoms with E-state index in [0.29, 0.717) is 13.0 Å². The number of hydrogen-bond donors (Lipinski definition) is 1. The Labute approximate surface area is 112 Å². The lowest BCUT2D eigenvalue weighted by molar-refractivity contribution is -0.149. The molecule has 2 rings (SSSR count). The number of fused-ring (bicyclic) bond motifs is 1. The molecular formula is C13H21NO5. The molecule has 0 spiro atoms. The number of hydrogen-bond acceptors (Lipinski definition) is 5. The fraction of sp³-hybridized carbons (Fsp3) is 0.846. The van der Waals surface area contributed by atoms with E-state index < -0.39 is 11.7 Å². The number of esters is 1. The van der Waals surface area contributed by atoms with Crippen LogP contribution in [0.3, 0.4) is 0 Å². The molecule has 1 heterocycles. The molecule has 1 N–H and O–H groups in total. The molecule has 0 radical (unpaired) electrons. The highest BCUT2D eigenvalue weighted by Crippen LogP contribution is 2.43. The number of alkyl carbamates (subject to hydrolysis) is 1. The lowest BCUT2D eigenvalue weighted by Gasteiger charge is -2.22. The van der Waals surface area contributed by atoms with Gasteiger partial charge in [-0.2, -0.15) is 0 Å². The molecular weight excluding hydrogens is 250 g/mol. The van der Waals surface area contributed by atoms with Gasteiger partial charge in [-0.15, -0.1) is 0 Å². The highest BCUT2D eigenvalue weighted by atomic mass is 16.6. The molecule has 1 saturated heterocycles. The Morgan fingerprint density at radius 2 is 2.00 bits per heavy atom. The summed E-state index contributed by atoms with van der Waals surface area (Å²) in [6.07, 6.45) is -0.120. The van der Waals surface area contributed by atoms with Crippen molar-refractivity contribution in [2.45, 2.75) is 58.0 Å². The molecule has 19 heavy (non-hydrogen) atoms. The molecule has 1 aliphatic carbocycles. The van der Waals surface area contributed by atoms with E-state index in [-0.39, 0.29) is 30.1 Å². The molecule has 6 heteroatoms. The first kappa shape index (κ1) is 14.1. The molecule has 1 saturated carbocycles. The maximum atomic E-state index is 11.7. The van der Waals surface area contributed by atoms with Crippen molar-refractivity contribution in [3.8, 4) is 0 Å². The standard InChI is InChI=1S/C13H21NO5/c1-5-17-11(15)7-6-8(10-9(7)18-10)14-12(16)19-13(2,3)4/h7-10H,5-6H2,1-4H3,(H,14,16)/t7-,8+,9-,10+/m0/s1. The average molecular weight is 271 g/mol. The van der Waals surface area contributed by atoms with E-state index in [2.05, 4.69) is 5.32 Å². The molecule has 2 fully saturated rings. The molecule has 1 amide bonds. The minimum atomic E-state index is -0.535. The Morgan fingerprint density at radius 3 is 2.58 bits per heavy atom. The third kappa shape index (κ3) is 3.37. The van der Waals surface area contributed by atoms with Crippen molar-refractivity contribution in [3.05, 3.63) is 0 Å². The summed E-state index contributed by atoms with van der Waals surface area (Å²) in [6.45, 7) is 7.54. The second-order valence-electron chi connectivity index (χ2n) is 5.91. The molecule has 1 aliphatic heterocycles. The van der Waals surface area contributed by atoms with Gasteiger partial charge >= 0.3 is 12.1 Å². The number of ether oxygens (including phenoxy) is 3. The number of epoxide rings is 1. The first-order valence-corrected chi connectivity index (χ1v) is 6.63. The summed E-state index contributed by atoms with van der Waals surface area (Å²) in [4.78, 5) is 23.4. The minimum absolute atomic E-state index is 0.0816. The van der Waals surface area contributed by atoms with Crippen LogP contribution in [0.5, 0.6) is 0 Å². The van der Waals surface area contributed by atoms with Gasteiger partial charge < -0.3 is 19.5 Å². The largest absolute Gasteiger partial charge is 0.466 e. The van der Waals surface area contributed by atoms with Crippen LogP contribution >= 0.6 is 0 Å². The maximum absolute atomic E-state index is 11.7. The van der Waals surface area contributed by atoms with Crippen molar-refractivity contribution in [1.29, 1.82) is 0 Å². The normalized spacial score (nSPS) is 32.4. The van der Waals surface area contributed by atoms with Crippen LogP contribution in [0.25, 0.3) is 0 Å². The second-order valence-corrected chi connectivity index (χ2v) is 5.91. The zero-order valence-corrected chi connectivity index (χ0v) is 11.8. The van der Waals surface area contributed by atoms with E-state index in [1.165, 1.54) is 0 Å². The maximum Gasteiger partial charge on any atom is 0.407 e. The first-order valence-electron chi connectivity index (χ1n) is 6.63. The van der Waals surface area contributed by atoms with Crippen LogP contribution < -0.4 is 5.32 Å². The lowest BCUT2D eigenvalue weighted by atomic mass is 10.1. The SMILES string of the molecule is CCOC(=O)[C@H]1C[C@@H](NC(=O)OC(C)(C)C)[C@H]2O[C@H]21. The highest BCUT2D eigenvalue weighted by Gasteiger charge is 2.60. The van der Waals surface area contributed by atoms with Gasteiger partial charge in [0.05, 0.1) is 24.7 Å². The number of nitrogens with one attached hydrogen (secondary N) is 1. The molecule has 108 valence electrons. The molecule has 4 atom stereocenters. The van der Waals surface area contributed by atoms with E-state index in [1.54, 1.807) is 27.7 Å². The van der Waals surface area contributed by atoms with Crippen molar-refractivity contribution in [3.63, 3.8) is 0 Å². The molecule has 0 bridgehead atoms. The van der Waals surface area contributed by atoms with Crippen LogP contribution in [-0.2, 0) is 19.0 Å². The Hall–Kier alpha value is -1.30. The smallest absolute Gasteiger partial charge is 0.407 e. The summed E-state index contributed by atoms with van der Waals surface area (Å²) in [5, 5.41) is 2.76. The van der Waals surface area contributed by atoms with E-state index in [1.807, 2.05) is 0 Å². The summed E-state index contributed by atoms with van der Waals surface area (Å²) in [6, 6.07) is -0.172. The van der Waals surface area contributed by atoms with Crippen LogP contribution in [0.1, 0.15) is 34.1 Å². The summed E-state index contributed by atoms with van der Waals surface area (Å²) in [5.41, 5.74) is -0.535. The Bertz CT molecular complexity index is 376. The summed E-state index contributed by atoms with van der Waals surface area (Å²) < 4.78 is 15.6. The lowest BCUT2D eigenvalue weighted by Crippen LogP contribution is -2.41. The minimum Gasteiger partial charge on any atom is -0.466 e. The van der Waals surface area contributed by atoms with Gasteiger partial charge in [-0.3, -0.25) is 4.79 Å². The molecule has 0 unspecified atom stereocenters. The predicted octanol–water partition coefficient (Wildman–Crippen LogP) is 1.23. The zero-order valence-electron chi connectivity index (χ0n) is 11.8. The fourth-order valence-corrected chi connectivity index (χ4v) is 2.41. The van der Waals surface area contributed by atoms with E-state index >= 15 is 0 Å². The van der Waals surface area contributed by atoms with Gasteiger partial charge in [0.25, 0.3) is 0 Å². The van der Waals surface area contributed by atoms with Gasteiger partial charge in [0.2, 0.25) is 0 Å². The van der Waals surface area contributed by atoms with Gasteiger partial charge in [0, 0.05) is 0 Å². The molecule has 0 aromatic carbocycles. The molecule has 2 aliphatic rings. The number of rotatable bonds is 3. The molecule has 0 aromatic rings. The third-order valence-electron chi connectivity index (χ3n) is 3.15. The summed E-state index contributed by atoms with van der Waals surface area (Å²) >= 11 is 0. The van der Waals surface area contributed by atoms with Crippen LogP contribution in [0.15, 0.2) is 0 Å². The van der Waals surface area contributed by atoms with Crippen molar-refractivity contribution in [2.24, 2.45) is 5.92 Å². The van der Waals surface area contributed by atoms with Gasteiger partial charge in [-0.1, -0.05) is 0 Å². The van der Waals surface area contributed by atoms with Crippen LogP contribution in [-0.4, -0.2) is 42.5 Å². The van der Waals surface area contributed by atoms with Gasteiger partial charge in [0.1, 0.15) is 11.7 Å². The van der Waals surface area contributed by atoms with Crippen molar-refractivity contribution in [2.75, 3.05) is 6.61 Å². The average Bonchev–Trinajstić information content (AvgIpc) is 2.95. The van der Waals surface area contributed by atoms with Gasteiger partial charge in [-0.25, -0.2) is 4.79 Å². The quantitative estimate of drug-likeness (QED) is 0.617. The predicted molar refractivity (Wildman–Crippen MR) is 66.6 cm³/mol. The topological polar surface area (TPSA) is 77.2 Å². The zero-order chi connectivity index (χ0) is 14.2.